The Balaban J connectivity index is 3.09. The van der Waals surface area contributed by atoms with E-state index in [9.17, 15) is 4.79 Å². The van der Waals surface area contributed by atoms with Gasteiger partial charge >= 0.3 is 5.97 Å². The van der Waals surface area contributed by atoms with E-state index in [1.165, 1.54) is 7.11 Å². The van der Waals surface area contributed by atoms with Crippen LogP contribution in [-0.2, 0) is 9.53 Å². The normalized spacial score (nSPS) is 12.1. The van der Waals surface area contributed by atoms with Crippen molar-refractivity contribution in [3.05, 3.63) is 29.3 Å². The van der Waals surface area contributed by atoms with Gasteiger partial charge in [0, 0.05) is 11.3 Å². The Morgan fingerprint density at radius 3 is 2.53 bits per heavy atom. The maximum absolute atomic E-state index is 11.8. The minimum Gasteiger partial charge on any atom is -0.467 e. The van der Waals surface area contributed by atoms with Gasteiger partial charge in [0.2, 0.25) is 0 Å². The summed E-state index contributed by atoms with van der Waals surface area (Å²) in [5.74, 6) is -0.211. The molecule has 1 aromatic carbocycles. The minimum absolute atomic E-state index is 0.0907. The first-order chi connectivity index (χ1) is 8.86. The van der Waals surface area contributed by atoms with Crippen molar-refractivity contribution in [2.75, 3.05) is 12.4 Å². The standard InChI is InChI=1S/C14H20N2O2S/c1-8(2)12(14(17)18-4)16-11-6-5-9(3)7-10(11)13(15)19/h5-8,12,16H,1-4H3,(H2,15,19). The maximum Gasteiger partial charge on any atom is 0.328 e. The number of benzene rings is 1. The fourth-order valence-electron chi connectivity index (χ4n) is 1.78. The molecule has 1 unspecified atom stereocenters. The van der Waals surface area contributed by atoms with Crippen LogP contribution in [0.2, 0.25) is 0 Å². The Morgan fingerprint density at radius 2 is 2.05 bits per heavy atom. The highest BCUT2D eigenvalue weighted by Crippen LogP contribution is 2.20. The van der Waals surface area contributed by atoms with E-state index in [2.05, 4.69) is 5.32 Å². The van der Waals surface area contributed by atoms with Crippen molar-refractivity contribution in [2.45, 2.75) is 26.8 Å². The van der Waals surface area contributed by atoms with Crippen molar-refractivity contribution in [3.8, 4) is 0 Å². The summed E-state index contributed by atoms with van der Waals surface area (Å²) >= 11 is 5.04. The molecule has 5 heteroatoms. The zero-order valence-corrected chi connectivity index (χ0v) is 12.5. The first kappa shape index (κ1) is 15.4. The fourth-order valence-corrected chi connectivity index (χ4v) is 1.95. The molecule has 0 amide bonds. The number of rotatable bonds is 5. The lowest BCUT2D eigenvalue weighted by molar-refractivity contribution is -0.142. The van der Waals surface area contributed by atoms with Crippen LogP contribution in [0.15, 0.2) is 18.2 Å². The van der Waals surface area contributed by atoms with Crippen LogP contribution in [0.3, 0.4) is 0 Å². The van der Waals surface area contributed by atoms with E-state index in [1.54, 1.807) is 0 Å². The molecule has 0 aromatic heterocycles. The number of carbonyl (C=O) groups excluding carboxylic acids is 1. The number of nitrogens with one attached hydrogen (secondary N) is 1. The summed E-state index contributed by atoms with van der Waals surface area (Å²) in [5.41, 5.74) is 8.27. The minimum atomic E-state index is -0.430. The van der Waals surface area contributed by atoms with Gasteiger partial charge in [-0.3, -0.25) is 0 Å². The van der Waals surface area contributed by atoms with Gasteiger partial charge in [0.15, 0.2) is 0 Å². The van der Waals surface area contributed by atoms with Gasteiger partial charge in [-0.1, -0.05) is 37.7 Å². The van der Waals surface area contributed by atoms with Crippen molar-refractivity contribution in [3.63, 3.8) is 0 Å². The third kappa shape index (κ3) is 3.92. The smallest absolute Gasteiger partial charge is 0.328 e. The molecule has 19 heavy (non-hydrogen) atoms. The van der Waals surface area contributed by atoms with Crippen LogP contribution in [0.4, 0.5) is 5.69 Å². The number of hydrogen-bond acceptors (Lipinski definition) is 4. The Labute approximate surface area is 119 Å². The van der Waals surface area contributed by atoms with Gasteiger partial charge in [0.1, 0.15) is 11.0 Å². The Hall–Kier alpha value is -1.62. The summed E-state index contributed by atoms with van der Waals surface area (Å²) in [6.07, 6.45) is 0. The number of methoxy groups -OCH3 is 1. The van der Waals surface area contributed by atoms with Gasteiger partial charge in [0.25, 0.3) is 0 Å². The number of hydrogen-bond donors (Lipinski definition) is 2. The number of carbonyl (C=O) groups is 1. The van der Waals surface area contributed by atoms with Crippen LogP contribution < -0.4 is 11.1 Å². The van der Waals surface area contributed by atoms with E-state index < -0.39 is 6.04 Å². The van der Waals surface area contributed by atoms with E-state index >= 15 is 0 Å². The van der Waals surface area contributed by atoms with Gasteiger partial charge < -0.3 is 15.8 Å². The number of aryl methyl sites for hydroxylation is 1. The molecule has 0 spiro atoms. The second kappa shape index (κ2) is 6.52. The molecule has 0 bridgehead atoms. The molecule has 0 saturated heterocycles. The van der Waals surface area contributed by atoms with Gasteiger partial charge in [-0.2, -0.15) is 0 Å². The lowest BCUT2D eigenvalue weighted by Crippen LogP contribution is -2.36. The molecule has 0 aliphatic carbocycles. The molecule has 1 rings (SSSR count). The summed E-state index contributed by atoms with van der Waals surface area (Å²) < 4.78 is 4.80. The number of nitrogens with two attached hydrogens (primary N) is 1. The molecule has 0 aliphatic heterocycles. The quantitative estimate of drug-likeness (QED) is 0.639. The maximum atomic E-state index is 11.8. The van der Waals surface area contributed by atoms with Gasteiger partial charge in [-0.15, -0.1) is 0 Å². The van der Waals surface area contributed by atoms with E-state index in [0.29, 0.717) is 4.99 Å². The predicted molar refractivity (Wildman–Crippen MR) is 81.3 cm³/mol. The lowest BCUT2D eigenvalue weighted by Gasteiger charge is -2.22. The first-order valence-electron chi connectivity index (χ1n) is 6.11. The van der Waals surface area contributed by atoms with Gasteiger partial charge in [-0.05, 0) is 25.0 Å². The summed E-state index contributed by atoms with van der Waals surface area (Å²) in [6, 6.07) is 5.29. The summed E-state index contributed by atoms with van der Waals surface area (Å²) in [7, 11) is 1.38. The van der Waals surface area contributed by atoms with E-state index in [1.807, 2.05) is 39.0 Å². The van der Waals surface area contributed by atoms with Crippen molar-refractivity contribution >= 4 is 28.9 Å². The van der Waals surface area contributed by atoms with Gasteiger partial charge in [0.05, 0.1) is 7.11 Å². The third-order valence-corrected chi connectivity index (χ3v) is 3.09. The molecule has 0 radical (unpaired) electrons. The van der Waals surface area contributed by atoms with Crippen LogP contribution in [-0.4, -0.2) is 24.1 Å². The van der Waals surface area contributed by atoms with Crippen molar-refractivity contribution in [2.24, 2.45) is 11.7 Å². The Morgan fingerprint density at radius 1 is 1.42 bits per heavy atom. The molecule has 104 valence electrons. The zero-order valence-electron chi connectivity index (χ0n) is 11.7. The molecule has 0 fully saturated rings. The van der Waals surface area contributed by atoms with Crippen LogP contribution in [0.5, 0.6) is 0 Å². The molecule has 0 saturated carbocycles. The number of thiocarbonyl (C=S) groups is 1. The highest BCUT2D eigenvalue weighted by atomic mass is 32.1. The first-order valence-corrected chi connectivity index (χ1v) is 6.52. The van der Waals surface area contributed by atoms with Crippen LogP contribution in [0.25, 0.3) is 0 Å². The molecule has 1 aromatic rings. The SMILES string of the molecule is COC(=O)C(Nc1ccc(C)cc1C(N)=S)C(C)C. The molecule has 4 nitrogen and oxygen atoms in total. The van der Waals surface area contributed by atoms with Crippen LogP contribution in [0, 0.1) is 12.8 Å². The lowest BCUT2D eigenvalue weighted by atomic mass is 10.0. The molecular weight excluding hydrogens is 260 g/mol. The molecular formula is C14H20N2O2S. The molecule has 1 atom stereocenters. The largest absolute Gasteiger partial charge is 0.467 e. The molecule has 0 aliphatic rings. The zero-order chi connectivity index (χ0) is 14.6. The Kier molecular flexibility index (Phi) is 5.30. The summed E-state index contributed by atoms with van der Waals surface area (Å²) in [4.78, 5) is 12.1. The molecule has 3 N–H and O–H groups in total. The van der Waals surface area contributed by atoms with E-state index in [0.717, 1.165) is 16.8 Å². The molecule has 0 heterocycles. The second-order valence-electron chi connectivity index (χ2n) is 4.80. The number of esters is 1. The summed E-state index contributed by atoms with van der Waals surface area (Å²) in [6.45, 7) is 5.86. The third-order valence-electron chi connectivity index (χ3n) is 2.87. The van der Waals surface area contributed by atoms with Crippen molar-refractivity contribution < 1.29 is 9.53 Å². The van der Waals surface area contributed by atoms with Crippen LogP contribution >= 0.6 is 12.2 Å². The monoisotopic (exact) mass is 280 g/mol. The van der Waals surface area contributed by atoms with E-state index in [4.69, 9.17) is 22.7 Å². The predicted octanol–water partition coefficient (Wildman–Crippen LogP) is 2.24. The van der Waals surface area contributed by atoms with Crippen LogP contribution in [0.1, 0.15) is 25.0 Å². The highest BCUT2D eigenvalue weighted by molar-refractivity contribution is 7.80. The number of anilines is 1. The average Bonchev–Trinajstić information content (AvgIpc) is 2.35. The average molecular weight is 280 g/mol. The Bertz CT molecular complexity index is 486. The fraction of sp³-hybridized carbons (Fsp3) is 0.429. The second-order valence-corrected chi connectivity index (χ2v) is 5.24. The summed E-state index contributed by atoms with van der Waals surface area (Å²) in [5, 5.41) is 3.16. The van der Waals surface area contributed by atoms with Gasteiger partial charge in [-0.25, -0.2) is 4.79 Å². The van der Waals surface area contributed by atoms with Crippen molar-refractivity contribution in [1.29, 1.82) is 0 Å². The topological polar surface area (TPSA) is 64.3 Å². The van der Waals surface area contributed by atoms with Crippen molar-refractivity contribution in [1.82, 2.24) is 0 Å². The number of ether oxygens (including phenoxy) is 1. The van der Waals surface area contributed by atoms with E-state index in [-0.39, 0.29) is 11.9 Å². The highest BCUT2D eigenvalue weighted by Gasteiger charge is 2.23.